The van der Waals surface area contributed by atoms with Crippen molar-refractivity contribution in [3.63, 3.8) is 0 Å². The Bertz CT molecular complexity index is 660. The van der Waals surface area contributed by atoms with Gasteiger partial charge in [-0.25, -0.2) is 4.79 Å². The Morgan fingerprint density at radius 2 is 2.18 bits per heavy atom. The molecule has 90 valence electrons. The largest absolute Gasteiger partial charge is 0.383 e. The maximum absolute atomic E-state index is 12.0. The summed E-state index contributed by atoms with van der Waals surface area (Å²) >= 11 is 5.82. The number of methoxy groups -OCH3 is 1. The molecule has 0 unspecified atom stereocenters. The van der Waals surface area contributed by atoms with Crippen molar-refractivity contribution in [2.75, 3.05) is 13.7 Å². The SMILES string of the molecule is COCCn1c(=O)[nH]c2ccc(Cl)cc2c1=O. The van der Waals surface area contributed by atoms with Crippen LogP contribution in [0.4, 0.5) is 0 Å². The van der Waals surface area contributed by atoms with Crippen LogP contribution in [0.3, 0.4) is 0 Å². The molecule has 0 spiro atoms. The van der Waals surface area contributed by atoms with Crippen LogP contribution in [-0.4, -0.2) is 23.3 Å². The minimum atomic E-state index is -0.443. The van der Waals surface area contributed by atoms with Crippen LogP contribution in [0.5, 0.6) is 0 Å². The molecule has 0 amide bonds. The molecule has 0 fully saturated rings. The number of hydrogen-bond acceptors (Lipinski definition) is 3. The molecule has 1 heterocycles. The molecule has 17 heavy (non-hydrogen) atoms. The third kappa shape index (κ3) is 2.25. The lowest BCUT2D eigenvalue weighted by Gasteiger charge is -2.05. The first-order valence-electron chi connectivity index (χ1n) is 5.05. The van der Waals surface area contributed by atoms with Gasteiger partial charge in [0, 0.05) is 12.1 Å². The Kier molecular flexibility index (Phi) is 3.31. The van der Waals surface area contributed by atoms with Crippen LogP contribution >= 0.6 is 11.6 Å². The molecule has 2 rings (SSSR count). The van der Waals surface area contributed by atoms with Crippen molar-refractivity contribution in [1.82, 2.24) is 9.55 Å². The molecule has 0 radical (unpaired) electrons. The second-order valence-corrected chi connectivity index (χ2v) is 4.01. The van der Waals surface area contributed by atoms with E-state index in [1.54, 1.807) is 18.2 Å². The van der Waals surface area contributed by atoms with Crippen molar-refractivity contribution in [2.45, 2.75) is 6.54 Å². The number of nitrogens with zero attached hydrogens (tertiary/aromatic N) is 1. The van der Waals surface area contributed by atoms with Crippen molar-refractivity contribution >= 4 is 22.5 Å². The van der Waals surface area contributed by atoms with E-state index in [4.69, 9.17) is 16.3 Å². The van der Waals surface area contributed by atoms with E-state index in [9.17, 15) is 9.59 Å². The van der Waals surface area contributed by atoms with Gasteiger partial charge in [-0.1, -0.05) is 11.6 Å². The van der Waals surface area contributed by atoms with E-state index in [-0.39, 0.29) is 12.1 Å². The van der Waals surface area contributed by atoms with Crippen LogP contribution in [0.25, 0.3) is 10.9 Å². The van der Waals surface area contributed by atoms with Crippen LogP contribution in [0.1, 0.15) is 0 Å². The highest BCUT2D eigenvalue weighted by Crippen LogP contribution is 2.13. The molecule has 0 aliphatic carbocycles. The van der Waals surface area contributed by atoms with Gasteiger partial charge >= 0.3 is 5.69 Å². The van der Waals surface area contributed by atoms with Gasteiger partial charge in [-0.05, 0) is 18.2 Å². The van der Waals surface area contributed by atoms with Crippen LogP contribution in [-0.2, 0) is 11.3 Å². The number of rotatable bonds is 3. The molecular formula is C11H11ClN2O3. The van der Waals surface area contributed by atoms with Crippen LogP contribution in [0, 0.1) is 0 Å². The summed E-state index contributed by atoms with van der Waals surface area (Å²) < 4.78 is 5.95. The standard InChI is InChI=1S/C11H11ClN2O3/c1-17-5-4-14-10(15)8-6-7(12)2-3-9(8)13-11(14)16/h2-3,6H,4-5H2,1H3,(H,13,16). The highest BCUT2D eigenvalue weighted by atomic mass is 35.5. The molecule has 0 aliphatic heterocycles. The van der Waals surface area contributed by atoms with E-state index in [1.807, 2.05) is 0 Å². The number of hydrogen-bond donors (Lipinski definition) is 1. The summed E-state index contributed by atoms with van der Waals surface area (Å²) in [5.74, 6) is 0. The van der Waals surface area contributed by atoms with Gasteiger partial charge < -0.3 is 9.72 Å². The van der Waals surface area contributed by atoms with Crippen LogP contribution < -0.4 is 11.2 Å². The topological polar surface area (TPSA) is 64.1 Å². The first-order valence-corrected chi connectivity index (χ1v) is 5.42. The van der Waals surface area contributed by atoms with E-state index < -0.39 is 5.69 Å². The molecule has 0 bridgehead atoms. The maximum atomic E-state index is 12.0. The van der Waals surface area contributed by atoms with E-state index >= 15 is 0 Å². The molecule has 0 saturated carbocycles. The molecule has 0 aliphatic rings. The highest BCUT2D eigenvalue weighted by Gasteiger charge is 2.07. The Hall–Kier alpha value is -1.59. The number of nitrogens with one attached hydrogen (secondary N) is 1. The number of aromatic nitrogens is 2. The number of H-pyrrole nitrogens is 1. The fraction of sp³-hybridized carbons (Fsp3) is 0.273. The Labute approximate surface area is 102 Å². The van der Waals surface area contributed by atoms with Crippen LogP contribution in [0.15, 0.2) is 27.8 Å². The Balaban J connectivity index is 2.69. The van der Waals surface area contributed by atoms with E-state index in [2.05, 4.69) is 4.98 Å². The zero-order valence-corrected chi connectivity index (χ0v) is 9.95. The predicted molar refractivity (Wildman–Crippen MR) is 65.7 cm³/mol. The smallest absolute Gasteiger partial charge is 0.328 e. The van der Waals surface area contributed by atoms with Crippen LogP contribution in [0.2, 0.25) is 5.02 Å². The fourth-order valence-corrected chi connectivity index (χ4v) is 1.78. The lowest BCUT2D eigenvalue weighted by atomic mass is 10.2. The van der Waals surface area contributed by atoms with Crippen molar-refractivity contribution in [2.24, 2.45) is 0 Å². The predicted octanol–water partition coefficient (Wildman–Crippen LogP) is 0.990. The molecule has 0 atom stereocenters. The molecule has 1 N–H and O–H groups in total. The quantitative estimate of drug-likeness (QED) is 0.888. The number of fused-ring (bicyclic) bond motifs is 1. The van der Waals surface area contributed by atoms with Crippen molar-refractivity contribution < 1.29 is 4.74 Å². The van der Waals surface area contributed by atoms with Crippen molar-refractivity contribution in [3.05, 3.63) is 44.1 Å². The van der Waals surface area contributed by atoms with E-state index in [1.165, 1.54) is 7.11 Å². The summed E-state index contributed by atoms with van der Waals surface area (Å²) in [7, 11) is 1.51. The van der Waals surface area contributed by atoms with Gasteiger partial charge in [0.25, 0.3) is 5.56 Å². The molecule has 1 aromatic heterocycles. The molecular weight excluding hydrogens is 244 g/mol. The molecule has 6 heteroatoms. The summed E-state index contributed by atoms with van der Waals surface area (Å²) in [6, 6.07) is 4.78. The second kappa shape index (κ2) is 4.73. The lowest BCUT2D eigenvalue weighted by molar-refractivity contribution is 0.185. The number of halogens is 1. The Morgan fingerprint density at radius 3 is 2.88 bits per heavy atom. The first kappa shape index (κ1) is 11.9. The normalized spacial score (nSPS) is 10.9. The number of aromatic amines is 1. The fourth-order valence-electron chi connectivity index (χ4n) is 1.61. The summed E-state index contributed by atoms with van der Waals surface area (Å²) in [5, 5.41) is 0.855. The molecule has 2 aromatic rings. The average molecular weight is 255 g/mol. The van der Waals surface area contributed by atoms with Gasteiger partial charge in [-0.15, -0.1) is 0 Å². The number of benzene rings is 1. The maximum Gasteiger partial charge on any atom is 0.328 e. The second-order valence-electron chi connectivity index (χ2n) is 3.57. The summed E-state index contributed by atoms with van der Waals surface area (Å²) in [5.41, 5.74) is -0.316. The van der Waals surface area contributed by atoms with E-state index in [0.717, 1.165) is 4.57 Å². The molecule has 1 aromatic carbocycles. The first-order chi connectivity index (χ1) is 8.13. The van der Waals surface area contributed by atoms with Gasteiger partial charge in [0.1, 0.15) is 0 Å². The third-order valence-corrected chi connectivity index (χ3v) is 2.70. The summed E-state index contributed by atoms with van der Waals surface area (Å²) in [6.07, 6.45) is 0. The third-order valence-electron chi connectivity index (χ3n) is 2.46. The molecule has 5 nitrogen and oxygen atoms in total. The highest BCUT2D eigenvalue weighted by molar-refractivity contribution is 6.31. The summed E-state index contributed by atoms with van der Waals surface area (Å²) in [4.78, 5) is 26.3. The summed E-state index contributed by atoms with van der Waals surface area (Å²) in [6.45, 7) is 0.516. The Morgan fingerprint density at radius 1 is 1.41 bits per heavy atom. The lowest BCUT2D eigenvalue weighted by Crippen LogP contribution is -2.36. The van der Waals surface area contributed by atoms with Crippen molar-refractivity contribution in [3.8, 4) is 0 Å². The minimum absolute atomic E-state index is 0.215. The zero-order chi connectivity index (χ0) is 12.4. The monoisotopic (exact) mass is 254 g/mol. The van der Waals surface area contributed by atoms with E-state index in [0.29, 0.717) is 22.5 Å². The molecule has 0 saturated heterocycles. The van der Waals surface area contributed by atoms with Gasteiger partial charge in [-0.2, -0.15) is 0 Å². The van der Waals surface area contributed by atoms with Gasteiger partial charge in [-0.3, -0.25) is 9.36 Å². The average Bonchev–Trinajstić information content (AvgIpc) is 2.30. The van der Waals surface area contributed by atoms with Gasteiger partial charge in [0.05, 0.1) is 24.1 Å². The van der Waals surface area contributed by atoms with Gasteiger partial charge in [0.2, 0.25) is 0 Å². The van der Waals surface area contributed by atoms with Crippen molar-refractivity contribution in [1.29, 1.82) is 0 Å². The van der Waals surface area contributed by atoms with Gasteiger partial charge in [0.15, 0.2) is 0 Å². The zero-order valence-electron chi connectivity index (χ0n) is 9.20. The number of ether oxygens (including phenoxy) is 1. The minimum Gasteiger partial charge on any atom is -0.383 e.